The fraction of sp³-hybridized carbons (Fsp3) is 0.107. The fourth-order valence-electron chi connectivity index (χ4n) is 3.57. The van der Waals surface area contributed by atoms with Crippen molar-refractivity contribution in [1.82, 2.24) is 10.3 Å². The lowest BCUT2D eigenvalue weighted by Crippen LogP contribution is -2.35. The van der Waals surface area contributed by atoms with Crippen LogP contribution < -0.4 is 19.6 Å². The number of imide groups is 1. The van der Waals surface area contributed by atoms with Crippen molar-refractivity contribution in [3.8, 4) is 23.0 Å². The van der Waals surface area contributed by atoms with Gasteiger partial charge in [-0.2, -0.15) is 5.10 Å². The molecule has 0 spiro atoms. The summed E-state index contributed by atoms with van der Waals surface area (Å²) in [7, 11) is 2.99. The highest BCUT2D eigenvalue weighted by molar-refractivity contribution is 8.18. The zero-order chi connectivity index (χ0) is 28.6. The molecule has 3 aromatic carbocycles. The van der Waals surface area contributed by atoms with E-state index in [-0.39, 0.29) is 22.0 Å². The molecule has 204 valence electrons. The number of esters is 1. The molecular weight excluding hydrogens is 538 g/mol. The molecule has 0 aromatic heterocycles. The van der Waals surface area contributed by atoms with Gasteiger partial charge in [0.25, 0.3) is 17.1 Å². The summed E-state index contributed by atoms with van der Waals surface area (Å²) in [5.41, 5.74) is 3.47. The Hall–Kier alpha value is -5.10. The molecule has 12 heteroatoms. The van der Waals surface area contributed by atoms with E-state index >= 15 is 0 Å². The van der Waals surface area contributed by atoms with Crippen LogP contribution >= 0.6 is 11.8 Å². The van der Waals surface area contributed by atoms with Gasteiger partial charge in [0, 0.05) is 0 Å². The highest BCUT2D eigenvalue weighted by Gasteiger charge is 2.36. The number of ether oxygens (including phenoxy) is 3. The summed E-state index contributed by atoms with van der Waals surface area (Å²) >= 11 is 0.713. The molecule has 0 saturated carbocycles. The number of nitrogens with one attached hydrogen (secondary N) is 1. The second-order valence-electron chi connectivity index (χ2n) is 8.15. The molecule has 40 heavy (non-hydrogen) atoms. The number of benzene rings is 3. The second-order valence-corrected chi connectivity index (χ2v) is 9.14. The van der Waals surface area contributed by atoms with Gasteiger partial charge in [-0.05, 0) is 65.4 Å². The van der Waals surface area contributed by atoms with Crippen molar-refractivity contribution in [2.45, 2.75) is 0 Å². The van der Waals surface area contributed by atoms with Gasteiger partial charge in [0.1, 0.15) is 18.0 Å². The SMILES string of the molecule is COc1ccc(/C=C2\SC(=O)N(CC(=O)Oc3cccc(/C=N/NC(=O)c4ccccc4O)c3)C2=O)cc1OC. The topological polar surface area (TPSA) is 144 Å². The molecule has 4 rings (SSSR count). The molecule has 1 fully saturated rings. The van der Waals surface area contributed by atoms with Crippen LogP contribution in [0.2, 0.25) is 0 Å². The summed E-state index contributed by atoms with van der Waals surface area (Å²) in [5.74, 6) is -1.10. The van der Waals surface area contributed by atoms with Crippen LogP contribution in [0.3, 0.4) is 0 Å². The Morgan fingerprint density at radius 3 is 2.50 bits per heavy atom. The van der Waals surface area contributed by atoms with Gasteiger partial charge in [0.2, 0.25) is 0 Å². The van der Waals surface area contributed by atoms with Gasteiger partial charge in [-0.3, -0.25) is 19.3 Å². The molecular formula is C28H23N3O8S. The molecule has 3 aromatic rings. The van der Waals surface area contributed by atoms with Crippen molar-refractivity contribution in [3.63, 3.8) is 0 Å². The maximum atomic E-state index is 12.8. The summed E-state index contributed by atoms with van der Waals surface area (Å²) in [4.78, 5) is 50.9. The summed E-state index contributed by atoms with van der Waals surface area (Å²) in [5, 5.41) is 13.0. The molecule has 1 aliphatic heterocycles. The van der Waals surface area contributed by atoms with E-state index < -0.39 is 29.6 Å². The van der Waals surface area contributed by atoms with E-state index in [0.29, 0.717) is 34.4 Å². The van der Waals surface area contributed by atoms with Crippen LogP contribution in [0.25, 0.3) is 6.08 Å². The zero-order valence-electron chi connectivity index (χ0n) is 21.3. The van der Waals surface area contributed by atoms with Crippen LogP contribution in [0.1, 0.15) is 21.5 Å². The number of phenolic OH excluding ortho intramolecular Hbond substituents is 1. The molecule has 0 unspecified atom stereocenters. The van der Waals surface area contributed by atoms with E-state index in [1.54, 1.807) is 42.5 Å². The van der Waals surface area contributed by atoms with Crippen molar-refractivity contribution < 1.29 is 38.5 Å². The van der Waals surface area contributed by atoms with Crippen LogP contribution in [0.15, 0.2) is 76.7 Å². The summed E-state index contributed by atoms with van der Waals surface area (Å²) < 4.78 is 15.8. The van der Waals surface area contributed by atoms with Gasteiger partial charge in [-0.1, -0.05) is 30.3 Å². The Kier molecular flexibility index (Phi) is 8.82. The number of aromatic hydroxyl groups is 1. The standard InChI is InChI=1S/C28H23N3O8S/c1-37-22-11-10-17(13-23(22)38-2)14-24-27(35)31(28(36)40-24)16-25(33)39-19-7-5-6-18(12-19)15-29-30-26(34)20-8-3-4-9-21(20)32/h3-15,32H,16H2,1-2H3,(H,30,34)/b24-14-,29-15+. The van der Waals surface area contributed by atoms with Gasteiger partial charge in [0.05, 0.1) is 30.9 Å². The second kappa shape index (κ2) is 12.6. The highest BCUT2D eigenvalue weighted by Crippen LogP contribution is 2.34. The molecule has 0 aliphatic carbocycles. The van der Waals surface area contributed by atoms with Gasteiger partial charge in [-0.15, -0.1) is 0 Å². The molecule has 2 N–H and O–H groups in total. The first-order chi connectivity index (χ1) is 19.3. The molecule has 1 aliphatic rings. The fourth-order valence-corrected chi connectivity index (χ4v) is 4.41. The first-order valence-electron chi connectivity index (χ1n) is 11.7. The predicted molar refractivity (Wildman–Crippen MR) is 147 cm³/mol. The van der Waals surface area contributed by atoms with E-state index in [4.69, 9.17) is 14.2 Å². The number of hydrogen-bond donors (Lipinski definition) is 2. The number of phenols is 1. The minimum atomic E-state index is -0.823. The molecule has 0 bridgehead atoms. The Morgan fingerprint density at radius 2 is 1.75 bits per heavy atom. The van der Waals surface area contributed by atoms with E-state index in [1.165, 1.54) is 50.8 Å². The first kappa shape index (κ1) is 27.9. The Morgan fingerprint density at radius 1 is 0.975 bits per heavy atom. The smallest absolute Gasteiger partial charge is 0.331 e. The lowest BCUT2D eigenvalue weighted by Gasteiger charge is -2.12. The molecule has 1 saturated heterocycles. The number of para-hydroxylation sites is 1. The summed E-state index contributed by atoms with van der Waals surface area (Å²) in [6, 6.07) is 17.3. The Balaban J connectivity index is 1.36. The van der Waals surface area contributed by atoms with Crippen molar-refractivity contribution in [3.05, 3.63) is 88.3 Å². The molecule has 3 amide bonds. The minimum absolute atomic E-state index is 0.0632. The average molecular weight is 562 g/mol. The normalized spacial score (nSPS) is 14.1. The molecule has 0 radical (unpaired) electrons. The third-order valence-electron chi connectivity index (χ3n) is 5.48. The Bertz CT molecular complexity index is 1540. The number of thioether (sulfide) groups is 1. The number of nitrogens with zero attached hydrogens (tertiary/aromatic N) is 2. The summed E-state index contributed by atoms with van der Waals surface area (Å²) in [6.07, 6.45) is 2.85. The highest BCUT2D eigenvalue weighted by atomic mass is 32.2. The van der Waals surface area contributed by atoms with Gasteiger partial charge in [0.15, 0.2) is 11.5 Å². The van der Waals surface area contributed by atoms with Crippen LogP contribution in [0.4, 0.5) is 4.79 Å². The van der Waals surface area contributed by atoms with Crippen LogP contribution in [-0.4, -0.2) is 60.0 Å². The third-order valence-corrected chi connectivity index (χ3v) is 6.39. The van der Waals surface area contributed by atoms with Gasteiger partial charge in [-0.25, -0.2) is 10.2 Å². The monoisotopic (exact) mass is 561 g/mol. The number of carbonyl (C=O) groups is 4. The quantitative estimate of drug-likeness (QED) is 0.131. The maximum Gasteiger partial charge on any atom is 0.331 e. The lowest BCUT2D eigenvalue weighted by molar-refractivity contribution is -0.138. The van der Waals surface area contributed by atoms with Crippen molar-refractivity contribution in [2.75, 3.05) is 20.8 Å². The molecule has 0 atom stereocenters. The zero-order valence-corrected chi connectivity index (χ0v) is 22.1. The number of hydrogen-bond acceptors (Lipinski definition) is 10. The average Bonchev–Trinajstić information content (AvgIpc) is 3.20. The number of rotatable bonds is 9. The van der Waals surface area contributed by atoms with Crippen LogP contribution in [-0.2, 0) is 9.59 Å². The maximum absolute atomic E-state index is 12.8. The van der Waals surface area contributed by atoms with E-state index in [1.807, 2.05) is 0 Å². The lowest BCUT2D eigenvalue weighted by atomic mass is 10.2. The third kappa shape index (κ3) is 6.66. The van der Waals surface area contributed by atoms with Crippen molar-refractivity contribution >= 4 is 47.1 Å². The number of hydrazone groups is 1. The van der Waals surface area contributed by atoms with E-state index in [2.05, 4.69) is 10.5 Å². The Labute approximate surface area is 233 Å². The number of amides is 3. The van der Waals surface area contributed by atoms with Crippen molar-refractivity contribution in [2.24, 2.45) is 5.10 Å². The predicted octanol–water partition coefficient (Wildman–Crippen LogP) is 3.82. The van der Waals surface area contributed by atoms with Gasteiger partial charge < -0.3 is 19.3 Å². The number of carbonyl (C=O) groups excluding carboxylic acids is 4. The largest absolute Gasteiger partial charge is 0.507 e. The van der Waals surface area contributed by atoms with E-state index in [0.717, 1.165) is 4.90 Å². The summed E-state index contributed by atoms with van der Waals surface area (Å²) in [6.45, 7) is -0.580. The van der Waals surface area contributed by atoms with Crippen LogP contribution in [0.5, 0.6) is 23.0 Å². The molecule has 1 heterocycles. The number of methoxy groups -OCH3 is 2. The minimum Gasteiger partial charge on any atom is -0.507 e. The van der Waals surface area contributed by atoms with E-state index in [9.17, 15) is 24.3 Å². The molecule has 11 nitrogen and oxygen atoms in total. The van der Waals surface area contributed by atoms with Gasteiger partial charge >= 0.3 is 5.97 Å². The van der Waals surface area contributed by atoms with Crippen LogP contribution in [0, 0.1) is 0 Å². The van der Waals surface area contributed by atoms with Crippen molar-refractivity contribution in [1.29, 1.82) is 0 Å². The first-order valence-corrected chi connectivity index (χ1v) is 12.5.